The van der Waals surface area contributed by atoms with Crippen LogP contribution < -0.4 is 5.32 Å². The van der Waals surface area contributed by atoms with Crippen molar-refractivity contribution < 1.29 is 14.7 Å². The first-order chi connectivity index (χ1) is 10.6. The van der Waals surface area contributed by atoms with Gasteiger partial charge in [-0.3, -0.25) is 9.59 Å². The van der Waals surface area contributed by atoms with Crippen LogP contribution in [0.2, 0.25) is 0 Å². The fourth-order valence-electron chi connectivity index (χ4n) is 2.02. The number of carbonyl (C=O) groups is 2. The third-order valence-corrected chi connectivity index (χ3v) is 3.19. The molecule has 0 saturated heterocycles. The highest BCUT2D eigenvalue weighted by molar-refractivity contribution is 5.75. The number of nitrogens with zero attached hydrogens (tertiary/aromatic N) is 2. The minimum atomic E-state index is -0.825. The van der Waals surface area contributed by atoms with E-state index in [1.54, 1.807) is 10.9 Å². The third kappa shape index (κ3) is 5.05. The number of amides is 1. The summed E-state index contributed by atoms with van der Waals surface area (Å²) in [5.41, 5.74) is 1.89. The van der Waals surface area contributed by atoms with E-state index in [0.29, 0.717) is 25.8 Å². The first kappa shape index (κ1) is 15.8. The number of hydrogen-bond acceptors (Lipinski definition) is 3. The number of carbonyl (C=O) groups excluding carboxylic acids is 1. The topological polar surface area (TPSA) is 84.2 Å². The summed E-state index contributed by atoms with van der Waals surface area (Å²) < 4.78 is 1.76. The highest BCUT2D eigenvalue weighted by atomic mass is 16.4. The van der Waals surface area contributed by atoms with Crippen LogP contribution >= 0.6 is 0 Å². The molecule has 6 nitrogen and oxygen atoms in total. The second kappa shape index (κ2) is 7.97. The number of rotatable bonds is 8. The smallest absolute Gasteiger partial charge is 0.303 e. The predicted octanol–water partition coefficient (Wildman–Crippen LogP) is 2.13. The zero-order valence-electron chi connectivity index (χ0n) is 12.2. The molecule has 2 aromatic rings. The Hall–Kier alpha value is -2.63. The van der Waals surface area contributed by atoms with E-state index < -0.39 is 5.97 Å². The largest absolute Gasteiger partial charge is 0.481 e. The Bertz CT molecular complexity index is 623. The summed E-state index contributed by atoms with van der Waals surface area (Å²) in [4.78, 5) is 22.0. The van der Waals surface area contributed by atoms with Gasteiger partial charge in [0, 0.05) is 31.1 Å². The predicted molar refractivity (Wildman–Crippen MR) is 81.5 cm³/mol. The summed E-state index contributed by atoms with van der Waals surface area (Å²) >= 11 is 0. The molecule has 0 aliphatic carbocycles. The molecule has 0 fully saturated rings. The van der Waals surface area contributed by atoms with Gasteiger partial charge in [-0.05, 0) is 25.0 Å². The number of carboxylic acids is 1. The quantitative estimate of drug-likeness (QED) is 0.732. The molecule has 1 aromatic heterocycles. The van der Waals surface area contributed by atoms with Gasteiger partial charge in [-0.2, -0.15) is 5.10 Å². The van der Waals surface area contributed by atoms with Crippen LogP contribution in [0.15, 0.2) is 42.7 Å². The van der Waals surface area contributed by atoms with Crippen molar-refractivity contribution in [3.63, 3.8) is 0 Å². The van der Waals surface area contributed by atoms with Crippen molar-refractivity contribution in [2.75, 3.05) is 0 Å². The summed E-state index contributed by atoms with van der Waals surface area (Å²) in [5.74, 6) is -0.897. The molecular formula is C16H19N3O3. The summed E-state index contributed by atoms with van der Waals surface area (Å²) in [6, 6.07) is 9.74. The van der Waals surface area contributed by atoms with Crippen LogP contribution in [-0.2, 0) is 16.1 Å². The summed E-state index contributed by atoms with van der Waals surface area (Å²) in [6.45, 7) is 0.421. The third-order valence-electron chi connectivity index (χ3n) is 3.19. The number of unbranched alkanes of at least 4 members (excludes halogenated alkanes) is 1. The standard InChI is InChI=1S/C16H19N3O3/c20-15(8-4-5-9-16(21)22)17-10-13-11-18-19(12-13)14-6-2-1-3-7-14/h1-3,6-7,11-12H,4-5,8-10H2,(H,17,20)(H,21,22). The van der Waals surface area contributed by atoms with E-state index >= 15 is 0 Å². The van der Waals surface area contributed by atoms with E-state index in [1.165, 1.54) is 0 Å². The highest BCUT2D eigenvalue weighted by Crippen LogP contribution is 2.07. The molecule has 2 rings (SSSR count). The van der Waals surface area contributed by atoms with Gasteiger partial charge in [0.2, 0.25) is 5.91 Å². The molecule has 0 radical (unpaired) electrons. The van der Waals surface area contributed by atoms with Crippen molar-refractivity contribution in [2.24, 2.45) is 0 Å². The molecule has 0 saturated carbocycles. The monoisotopic (exact) mass is 301 g/mol. The van der Waals surface area contributed by atoms with E-state index in [9.17, 15) is 9.59 Å². The van der Waals surface area contributed by atoms with Gasteiger partial charge in [0.1, 0.15) is 0 Å². The Balaban J connectivity index is 1.74. The molecule has 0 aliphatic rings. The Kier molecular flexibility index (Phi) is 5.71. The Morgan fingerprint density at radius 3 is 2.59 bits per heavy atom. The lowest BCUT2D eigenvalue weighted by molar-refractivity contribution is -0.137. The Morgan fingerprint density at radius 1 is 1.14 bits per heavy atom. The lowest BCUT2D eigenvalue weighted by Crippen LogP contribution is -2.22. The molecule has 22 heavy (non-hydrogen) atoms. The molecule has 1 heterocycles. The summed E-state index contributed by atoms with van der Waals surface area (Å²) in [7, 11) is 0. The van der Waals surface area contributed by atoms with E-state index in [2.05, 4.69) is 10.4 Å². The summed E-state index contributed by atoms with van der Waals surface area (Å²) in [6.07, 6.45) is 5.16. The van der Waals surface area contributed by atoms with Gasteiger partial charge in [-0.1, -0.05) is 18.2 Å². The Morgan fingerprint density at radius 2 is 1.86 bits per heavy atom. The summed E-state index contributed by atoms with van der Waals surface area (Å²) in [5, 5.41) is 15.6. The minimum absolute atomic E-state index is 0.0714. The fourth-order valence-corrected chi connectivity index (χ4v) is 2.02. The van der Waals surface area contributed by atoms with Crippen LogP contribution in [0.4, 0.5) is 0 Å². The SMILES string of the molecule is O=C(O)CCCCC(=O)NCc1cnn(-c2ccccc2)c1. The van der Waals surface area contributed by atoms with Crippen molar-refractivity contribution in [1.29, 1.82) is 0 Å². The maximum absolute atomic E-state index is 11.7. The molecule has 6 heteroatoms. The maximum Gasteiger partial charge on any atom is 0.303 e. The average Bonchev–Trinajstić information content (AvgIpc) is 2.99. The van der Waals surface area contributed by atoms with Crippen LogP contribution in [0.1, 0.15) is 31.2 Å². The second-order valence-electron chi connectivity index (χ2n) is 5.01. The molecular weight excluding hydrogens is 282 g/mol. The fraction of sp³-hybridized carbons (Fsp3) is 0.312. The highest BCUT2D eigenvalue weighted by Gasteiger charge is 2.05. The minimum Gasteiger partial charge on any atom is -0.481 e. The molecule has 0 bridgehead atoms. The van der Waals surface area contributed by atoms with Crippen molar-refractivity contribution in [3.8, 4) is 5.69 Å². The van der Waals surface area contributed by atoms with Gasteiger partial charge >= 0.3 is 5.97 Å². The number of carboxylic acid groups (broad SMARTS) is 1. The first-order valence-corrected chi connectivity index (χ1v) is 7.22. The van der Waals surface area contributed by atoms with Gasteiger partial charge in [0.15, 0.2) is 0 Å². The van der Waals surface area contributed by atoms with E-state index in [1.807, 2.05) is 36.5 Å². The van der Waals surface area contributed by atoms with Gasteiger partial charge < -0.3 is 10.4 Å². The van der Waals surface area contributed by atoms with Crippen molar-refractivity contribution >= 4 is 11.9 Å². The number of para-hydroxylation sites is 1. The van der Waals surface area contributed by atoms with Crippen LogP contribution in [0, 0.1) is 0 Å². The molecule has 0 atom stereocenters. The van der Waals surface area contributed by atoms with Crippen molar-refractivity contribution in [1.82, 2.24) is 15.1 Å². The van der Waals surface area contributed by atoms with Gasteiger partial charge in [-0.15, -0.1) is 0 Å². The normalized spacial score (nSPS) is 10.4. The molecule has 0 unspecified atom stereocenters. The van der Waals surface area contributed by atoms with E-state index in [0.717, 1.165) is 11.3 Å². The molecule has 0 aliphatic heterocycles. The van der Waals surface area contributed by atoms with Crippen LogP contribution in [0.3, 0.4) is 0 Å². The molecule has 2 N–H and O–H groups in total. The number of nitrogens with one attached hydrogen (secondary N) is 1. The number of hydrogen-bond donors (Lipinski definition) is 2. The first-order valence-electron chi connectivity index (χ1n) is 7.22. The van der Waals surface area contributed by atoms with Crippen molar-refractivity contribution in [2.45, 2.75) is 32.2 Å². The van der Waals surface area contributed by atoms with E-state index in [-0.39, 0.29) is 12.3 Å². The lowest BCUT2D eigenvalue weighted by Gasteiger charge is -2.03. The lowest BCUT2D eigenvalue weighted by atomic mass is 10.2. The van der Waals surface area contributed by atoms with E-state index in [4.69, 9.17) is 5.11 Å². The molecule has 116 valence electrons. The van der Waals surface area contributed by atoms with Crippen LogP contribution in [0.5, 0.6) is 0 Å². The average molecular weight is 301 g/mol. The number of aliphatic carboxylic acids is 1. The van der Waals surface area contributed by atoms with Crippen molar-refractivity contribution in [3.05, 3.63) is 48.3 Å². The number of benzene rings is 1. The van der Waals surface area contributed by atoms with Gasteiger partial charge in [-0.25, -0.2) is 4.68 Å². The van der Waals surface area contributed by atoms with Gasteiger partial charge in [0.25, 0.3) is 0 Å². The zero-order chi connectivity index (χ0) is 15.8. The van der Waals surface area contributed by atoms with Crippen LogP contribution in [-0.4, -0.2) is 26.8 Å². The molecule has 0 spiro atoms. The maximum atomic E-state index is 11.7. The second-order valence-corrected chi connectivity index (χ2v) is 5.01. The van der Waals surface area contributed by atoms with Gasteiger partial charge in [0.05, 0.1) is 11.9 Å². The van der Waals surface area contributed by atoms with Crippen LogP contribution in [0.25, 0.3) is 5.69 Å². The number of aromatic nitrogens is 2. The Labute approximate surface area is 128 Å². The zero-order valence-corrected chi connectivity index (χ0v) is 12.2. The molecule has 1 aromatic carbocycles. The molecule has 1 amide bonds.